The van der Waals surface area contributed by atoms with Crippen LogP contribution in [0.5, 0.6) is 0 Å². The molecule has 0 saturated carbocycles. The van der Waals surface area contributed by atoms with Gasteiger partial charge in [0.15, 0.2) is 5.31 Å². The van der Waals surface area contributed by atoms with Crippen molar-refractivity contribution >= 4 is 19.8 Å². The minimum absolute atomic E-state index is 0.0125. The summed E-state index contributed by atoms with van der Waals surface area (Å²) in [6.45, 7) is 8.98. The molecule has 1 N–H and O–H groups in total. The van der Waals surface area contributed by atoms with E-state index in [4.69, 9.17) is 9.26 Å². The fourth-order valence-electron chi connectivity index (χ4n) is 2.19. The van der Waals surface area contributed by atoms with Crippen molar-refractivity contribution in [3.8, 4) is 0 Å². The molecule has 0 aliphatic rings. The lowest BCUT2D eigenvalue weighted by Gasteiger charge is -2.22. The van der Waals surface area contributed by atoms with Gasteiger partial charge < -0.3 is 10.1 Å². The number of carbonyl (C=O) groups is 1. The fraction of sp³-hybridized carbons (Fsp3) is 0.500. The van der Waals surface area contributed by atoms with Crippen LogP contribution < -0.4 is 5.32 Å². The third kappa shape index (κ3) is 8.75. The summed E-state index contributed by atoms with van der Waals surface area (Å²) >= 11 is 0. The first-order chi connectivity index (χ1) is 12.5. The molecular weight excluding hydrogens is 371 g/mol. The van der Waals surface area contributed by atoms with E-state index in [2.05, 4.69) is 5.32 Å². The van der Waals surface area contributed by atoms with E-state index in [1.54, 1.807) is 52.8 Å². The maximum Gasteiger partial charge on any atom is 0.543 e. The Kier molecular flexibility index (Phi) is 8.53. The molecule has 148 valence electrons. The number of rotatable bonds is 8. The normalized spacial score (nSPS) is 13.7. The number of alkyl carbamates (subject to hydrolysis) is 1. The van der Waals surface area contributed by atoms with E-state index in [0.29, 0.717) is 18.3 Å². The maximum atomic E-state index is 12.1. The van der Waals surface area contributed by atoms with Gasteiger partial charge in [0, 0.05) is 19.1 Å². The zero-order valence-corrected chi connectivity index (χ0v) is 17.1. The number of hydrogen-bond donors (Lipinski definition) is 1. The van der Waals surface area contributed by atoms with Crippen LogP contribution in [0, 0.1) is 10.1 Å². The van der Waals surface area contributed by atoms with Crippen LogP contribution in [0.3, 0.4) is 0 Å². The highest BCUT2D eigenvalue weighted by Gasteiger charge is 2.24. The molecule has 1 aromatic carbocycles. The van der Waals surface area contributed by atoms with Crippen LogP contribution in [-0.4, -0.2) is 29.3 Å². The van der Waals surface area contributed by atoms with Gasteiger partial charge in [0.05, 0.1) is 11.0 Å². The number of nitro groups is 1. The van der Waals surface area contributed by atoms with E-state index < -0.39 is 30.7 Å². The highest BCUT2D eigenvalue weighted by atomic mass is 31.1. The number of benzene rings is 1. The summed E-state index contributed by atoms with van der Waals surface area (Å²) in [6.07, 6.45) is 1.40. The molecule has 0 saturated heterocycles. The lowest BCUT2D eigenvalue weighted by molar-refractivity contribution is -0.384. The van der Waals surface area contributed by atoms with Crippen molar-refractivity contribution in [1.29, 1.82) is 0 Å². The number of hydrogen-bond acceptors (Lipinski definition) is 6. The summed E-state index contributed by atoms with van der Waals surface area (Å²) in [6, 6.07) is 5.52. The first-order valence-corrected chi connectivity index (χ1v) is 9.71. The van der Waals surface area contributed by atoms with E-state index in [9.17, 15) is 19.5 Å². The van der Waals surface area contributed by atoms with Gasteiger partial charge in [-0.25, -0.2) is 4.79 Å². The average Bonchev–Trinajstić information content (AvgIpc) is 2.53. The number of allylic oxidation sites excluding steroid dienone is 1. The Hall–Kier alpha value is -2.31. The minimum Gasteiger partial charge on any atom is -0.444 e. The third-order valence-electron chi connectivity index (χ3n) is 3.28. The van der Waals surface area contributed by atoms with E-state index >= 15 is 0 Å². The van der Waals surface area contributed by atoms with Crippen LogP contribution in [0.25, 0.3) is 0 Å². The molecule has 1 unspecified atom stereocenters. The predicted molar refractivity (Wildman–Crippen MR) is 103 cm³/mol. The van der Waals surface area contributed by atoms with Gasteiger partial charge in [-0.3, -0.25) is 10.1 Å². The summed E-state index contributed by atoms with van der Waals surface area (Å²) in [4.78, 5) is 22.4. The van der Waals surface area contributed by atoms with Crippen molar-refractivity contribution in [2.45, 2.75) is 52.7 Å². The van der Waals surface area contributed by atoms with Gasteiger partial charge in [-0.1, -0.05) is 12.1 Å². The second kappa shape index (κ2) is 10.1. The summed E-state index contributed by atoms with van der Waals surface area (Å²) in [5.41, 5.74) is 0.107. The Bertz CT molecular complexity index is 710. The standard InChI is InChI=1S/C18H25N2O6P/c1-6-25-27(24)13(2)11-15(19-17(21)26-18(3,4)5)12-14-7-9-16(10-8-14)20(22)23/h7-11,15H,6,12H2,1-5H3/p+1/b13-11+/t15-/m1/s1. The van der Waals surface area contributed by atoms with Gasteiger partial charge in [0.25, 0.3) is 5.69 Å². The summed E-state index contributed by atoms with van der Waals surface area (Å²) in [5.74, 6) is 0. The molecule has 0 aliphatic carbocycles. The number of nitrogens with one attached hydrogen (secondary N) is 1. The molecule has 2 atom stereocenters. The lowest BCUT2D eigenvalue weighted by atomic mass is 10.1. The largest absolute Gasteiger partial charge is 0.543 e. The van der Waals surface area contributed by atoms with E-state index in [0.717, 1.165) is 5.56 Å². The highest BCUT2D eigenvalue weighted by molar-refractivity contribution is 7.44. The van der Waals surface area contributed by atoms with E-state index in [1.807, 2.05) is 0 Å². The first-order valence-electron chi connectivity index (χ1n) is 8.53. The smallest absolute Gasteiger partial charge is 0.444 e. The van der Waals surface area contributed by atoms with Gasteiger partial charge >= 0.3 is 14.1 Å². The molecule has 0 heterocycles. The Morgan fingerprint density at radius 2 is 1.93 bits per heavy atom. The number of amides is 1. The molecular formula is C18H26N2O6P+. The number of ether oxygens (including phenoxy) is 1. The molecule has 9 heteroatoms. The zero-order valence-electron chi connectivity index (χ0n) is 16.2. The summed E-state index contributed by atoms with van der Waals surface area (Å²) < 4.78 is 22.4. The average molecular weight is 397 g/mol. The second-order valence-electron chi connectivity index (χ2n) is 6.86. The number of nitro benzene ring substituents is 1. The summed E-state index contributed by atoms with van der Waals surface area (Å²) in [5, 5.41) is 14.0. The zero-order chi connectivity index (χ0) is 20.6. The van der Waals surface area contributed by atoms with Crippen LogP contribution in [-0.2, 0) is 20.2 Å². The van der Waals surface area contributed by atoms with Crippen molar-refractivity contribution in [2.24, 2.45) is 0 Å². The van der Waals surface area contributed by atoms with Gasteiger partial charge in [-0.15, -0.1) is 4.52 Å². The topological polar surface area (TPSA) is 108 Å². The molecule has 0 radical (unpaired) electrons. The maximum absolute atomic E-state index is 12.1. The number of carbonyl (C=O) groups excluding carboxylic acids is 1. The molecule has 0 fully saturated rings. The molecule has 0 aliphatic heterocycles. The van der Waals surface area contributed by atoms with Crippen molar-refractivity contribution in [3.63, 3.8) is 0 Å². The van der Waals surface area contributed by atoms with Crippen LogP contribution >= 0.6 is 8.03 Å². The first kappa shape index (κ1) is 22.7. The monoisotopic (exact) mass is 397 g/mol. The van der Waals surface area contributed by atoms with Crippen LogP contribution in [0.4, 0.5) is 10.5 Å². The van der Waals surface area contributed by atoms with E-state index in [1.165, 1.54) is 12.1 Å². The molecule has 0 aromatic heterocycles. The van der Waals surface area contributed by atoms with Crippen molar-refractivity contribution in [3.05, 3.63) is 51.3 Å². The lowest BCUT2D eigenvalue weighted by Crippen LogP contribution is -2.39. The van der Waals surface area contributed by atoms with Crippen LogP contribution in [0.1, 0.15) is 40.2 Å². The van der Waals surface area contributed by atoms with Gasteiger partial charge in [-0.2, -0.15) is 0 Å². The van der Waals surface area contributed by atoms with Crippen molar-refractivity contribution in [2.75, 3.05) is 6.61 Å². The predicted octanol–water partition coefficient (Wildman–Crippen LogP) is 4.71. The Balaban J connectivity index is 2.98. The molecule has 1 aromatic rings. The molecule has 1 rings (SSSR count). The Morgan fingerprint density at radius 3 is 2.41 bits per heavy atom. The van der Waals surface area contributed by atoms with Gasteiger partial charge in [0.1, 0.15) is 12.2 Å². The third-order valence-corrected chi connectivity index (χ3v) is 4.50. The Morgan fingerprint density at radius 1 is 1.33 bits per heavy atom. The molecule has 0 bridgehead atoms. The van der Waals surface area contributed by atoms with Crippen molar-refractivity contribution < 1.29 is 23.5 Å². The minimum atomic E-state index is -1.98. The molecule has 8 nitrogen and oxygen atoms in total. The quantitative estimate of drug-likeness (QED) is 0.386. The van der Waals surface area contributed by atoms with Gasteiger partial charge in [0.2, 0.25) is 0 Å². The fourth-order valence-corrected chi connectivity index (χ4v) is 2.93. The highest BCUT2D eigenvalue weighted by Crippen LogP contribution is 2.33. The second-order valence-corrected chi connectivity index (χ2v) is 8.34. The van der Waals surface area contributed by atoms with Crippen LogP contribution in [0.15, 0.2) is 35.7 Å². The number of non-ortho nitro benzene ring substituents is 1. The SMILES string of the molecule is CCO[P+](=O)/C(C)=C/[C@H](Cc1ccc([N+](=O)[O-])cc1)NC(=O)OC(C)(C)C. The van der Waals surface area contributed by atoms with E-state index in [-0.39, 0.29) is 5.69 Å². The molecule has 1 amide bonds. The van der Waals surface area contributed by atoms with Crippen LogP contribution in [0.2, 0.25) is 0 Å². The Labute approximate surface area is 160 Å². The molecule has 0 spiro atoms. The summed E-state index contributed by atoms with van der Waals surface area (Å²) in [7, 11) is -1.98. The van der Waals surface area contributed by atoms with Crippen molar-refractivity contribution in [1.82, 2.24) is 5.32 Å². The molecule has 27 heavy (non-hydrogen) atoms. The number of nitrogens with zero attached hydrogens (tertiary/aromatic N) is 1. The van der Waals surface area contributed by atoms with Gasteiger partial charge in [-0.05, 0) is 50.3 Å².